The van der Waals surface area contributed by atoms with Gasteiger partial charge in [0.2, 0.25) is 11.8 Å². The van der Waals surface area contributed by atoms with E-state index in [9.17, 15) is 9.59 Å². The van der Waals surface area contributed by atoms with E-state index in [1.807, 2.05) is 23.6 Å². The van der Waals surface area contributed by atoms with Gasteiger partial charge in [-0.1, -0.05) is 32.9 Å². The third-order valence-corrected chi connectivity index (χ3v) is 5.70. The molecule has 2 heterocycles. The van der Waals surface area contributed by atoms with Gasteiger partial charge in [0.1, 0.15) is 0 Å². The first-order chi connectivity index (χ1) is 10.4. The molecule has 2 amide bonds. The van der Waals surface area contributed by atoms with Crippen molar-refractivity contribution in [1.82, 2.24) is 9.80 Å². The first kappa shape index (κ1) is 15.6. The number of likely N-dealkylation sites (tertiary alicyclic amines) is 2. The Morgan fingerprint density at radius 1 is 1.05 bits per heavy atom. The van der Waals surface area contributed by atoms with Gasteiger partial charge >= 0.3 is 0 Å². The molecule has 0 N–H and O–H groups in total. The molecule has 22 heavy (non-hydrogen) atoms. The summed E-state index contributed by atoms with van der Waals surface area (Å²) < 4.78 is 0. The van der Waals surface area contributed by atoms with Gasteiger partial charge in [0, 0.05) is 37.5 Å². The van der Waals surface area contributed by atoms with Gasteiger partial charge in [-0.2, -0.15) is 0 Å². The van der Waals surface area contributed by atoms with Gasteiger partial charge < -0.3 is 9.80 Å². The Kier molecular flexibility index (Phi) is 3.82. The molecule has 0 aromatic rings. The average molecular weight is 304 g/mol. The minimum absolute atomic E-state index is 0.0703. The van der Waals surface area contributed by atoms with Crippen LogP contribution in [0.1, 0.15) is 46.5 Å². The molecule has 3 aliphatic rings. The SMILES string of the molecule is CC(C)C(=O)N1CCC2(C1)CN(C(=O)C1(C)CC=CCC1)C2. The summed E-state index contributed by atoms with van der Waals surface area (Å²) in [5.74, 6) is 0.642. The van der Waals surface area contributed by atoms with Crippen LogP contribution in [-0.2, 0) is 9.59 Å². The fourth-order valence-electron chi connectivity index (χ4n) is 4.19. The van der Waals surface area contributed by atoms with Crippen LogP contribution in [0.25, 0.3) is 0 Å². The number of rotatable bonds is 2. The predicted octanol–water partition coefficient (Wildman–Crippen LogP) is 2.45. The Bertz CT molecular complexity index is 505. The maximum Gasteiger partial charge on any atom is 0.228 e. The monoisotopic (exact) mass is 304 g/mol. The van der Waals surface area contributed by atoms with Gasteiger partial charge in [0.05, 0.1) is 5.41 Å². The first-order valence-electron chi connectivity index (χ1n) is 8.58. The highest BCUT2D eigenvalue weighted by atomic mass is 16.2. The van der Waals surface area contributed by atoms with E-state index in [1.165, 1.54) is 0 Å². The van der Waals surface area contributed by atoms with Crippen LogP contribution in [-0.4, -0.2) is 47.8 Å². The minimum Gasteiger partial charge on any atom is -0.342 e. The molecule has 0 radical (unpaired) electrons. The highest BCUT2D eigenvalue weighted by Gasteiger charge is 2.52. The van der Waals surface area contributed by atoms with E-state index in [0.29, 0.717) is 5.91 Å². The van der Waals surface area contributed by atoms with Crippen molar-refractivity contribution in [3.05, 3.63) is 12.2 Å². The van der Waals surface area contributed by atoms with Crippen molar-refractivity contribution in [2.75, 3.05) is 26.2 Å². The van der Waals surface area contributed by atoms with Crippen LogP contribution in [0.15, 0.2) is 12.2 Å². The zero-order chi connectivity index (χ0) is 16.0. The van der Waals surface area contributed by atoms with Gasteiger partial charge in [-0.15, -0.1) is 0 Å². The largest absolute Gasteiger partial charge is 0.342 e. The topological polar surface area (TPSA) is 40.6 Å². The number of hydrogen-bond donors (Lipinski definition) is 0. The van der Waals surface area contributed by atoms with Gasteiger partial charge in [0.15, 0.2) is 0 Å². The number of allylic oxidation sites excluding steroid dienone is 2. The van der Waals surface area contributed by atoms with Crippen LogP contribution in [0.2, 0.25) is 0 Å². The molecule has 122 valence electrons. The second kappa shape index (κ2) is 5.39. The van der Waals surface area contributed by atoms with E-state index in [4.69, 9.17) is 0 Å². The minimum atomic E-state index is -0.206. The molecule has 1 unspecified atom stereocenters. The zero-order valence-electron chi connectivity index (χ0n) is 14.1. The van der Waals surface area contributed by atoms with Crippen LogP contribution in [0, 0.1) is 16.7 Å². The molecular formula is C18H28N2O2. The normalized spacial score (nSPS) is 30.0. The summed E-state index contributed by atoms with van der Waals surface area (Å²) >= 11 is 0. The molecule has 2 fully saturated rings. The Morgan fingerprint density at radius 3 is 2.32 bits per heavy atom. The van der Waals surface area contributed by atoms with E-state index in [0.717, 1.165) is 51.9 Å². The maximum absolute atomic E-state index is 12.8. The van der Waals surface area contributed by atoms with Gasteiger partial charge in [-0.25, -0.2) is 0 Å². The molecule has 1 spiro atoms. The predicted molar refractivity (Wildman–Crippen MR) is 86.1 cm³/mol. The second-order valence-corrected chi connectivity index (χ2v) is 8.10. The summed E-state index contributed by atoms with van der Waals surface area (Å²) in [7, 11) is 0. The van der Waals surface area contributed by atoms with Gasteiger partial charge in [-0.05, 0) is 25.7 Å². The smallest absolute Gasteiger partial charge is 0.228 e. The van der Waals surface area contributed by atoms with Crippen molar-refractivity contribution in [1.29, 1.82) is 0 Å². The lowest BCUT2D eigenvalue weighted by Gasteiger charge is -2.51. The molecule has 1 aliphatic carbocycles. The summed E-state index contributed by atoms with van der Waals surface area (Å²) in [5.41, 5.74) is -0.0243. The lowest BCUT2D eigenvalue weighted by Crippen LogP contribution is -2.62. The number of hydrogen-bond acceptors (Lipinski definition) is 2. The molecule has 0 aromatic carbocycles. The zero-order valence-corrected chi connectivity index (χ0v) is 14.1. The fourth-order valence-corrected chi connectivity index (χ4v) is 4.19. The third-order valence-electron chi connectivity index (χ3n) is 5.70. The number of carbonyl (C=O) groups excluding carboxylic acids is 2. The van der Waals surface area contributed by atoms with E-state index in [1.54, 1.807) is 0 Å². The molecule has 0 aromatic heterocycles. The van der Waals surface area contributed by atoms with E-state index in [2.05, 4.69) is 19.1 Å². The molecule has 1 atom stereocenters. The lowest BCUT2D eigenvalue weighted by molar-refractivity contribution is -0.154. The molecule has 2 aliphatic heterocycles. The Balaban J connectivity index is 1.57. The van der Waals surface area contributed by atoms with Crippen molar-refractivity contribution in [2.24, 2.45) is 16.7 Å². The third kappa shape index (κ3) is 2.57. The standard InChI is InChI=1S/C18H28N2O2/c1-14(2)15(21)19-10-9-18(11-19)12-20(13-18)16(22)17(3)7-5-4-6-8-17/h4-5,14H,6-13H2,1-3H3. The summed E-state index contributed by atoms with van der Waals surface area (Å²) in [4.78, 5) is 28.9. The summed E-state index contributed by atoms with van der Waals surface area (Å²) in [5, 5.41) is 0. The highest BCUT2D eigenvalue weighted by molar-refractivity contribution is 5.84. The van der Waals surface area contributed by atoms with Crippen LogP contribution >= 0.6 is 0 Å². The Labute approximate surface area is 133 Å². The van der Waals surface area contributed by atoms with Gasteiger partial charge in [0.25, 0.3) is 0 Å². The quantitative estimate of drug-likeness (QED) is 0.735. The van der Waals surface area contributed by atoms with Crippen LogP contribution < -0.4 is 0 Å². The lowest BCUT2D eigenvalue weighted by atomic mass is 9.73. The van der Waals surface area contributed by atoms with E-state index in [-0.39, 0.29) is 22.7 Å². The van der Waals surface area contributed by atoms with Crippen LogP contribution in [0.3, 0.4) is 0 Å². The summed E-state index contributed by atoms with van der Waals surface area (Å²) in [6, 6.07) is 0. The Hall–Kier alpha value is -1.32. The molecule has 4 heteroatoms. The molecule has 4 nitrogen and oxygen atoms in total. The van der Waals surface area contributed by atoms with Crippen LogP contribution in [0.5, 0.6) is 0 Å². The van der Waals surface area contributed by atoms with Gasteiger partial charge in [-0.3, -0.25) is 9.59 Å². The number of nitrogens with zero attached hydrogens (tertiary/aromatic N) is 2. The van der Waals surface area contributed by atoms with Crippen LogP contribution in [0.4, 0.5) is 0 Å². The van der Waals surface area contributed by atoms with E-state index >= 15 is 0 Å². The Morgan fingerprint density at radius 2 is 1.73 bits per heavy atom. The van der Waals surface area contributed by atoms with Crippen molar-refractivity contribution in [3.63, 3.8) is 0 Å². The molecule has 3 rings (SSSR count). The maximum atomic E-state index is 12.8. The van der Waals surface area contributed by atoms with Crippen molar-refractivity contribution in [2.45, 2.75) is 46.5 Å². The first-order valence-corrected chi connectivity index (χ1v) is 8.58. The summed E-state index contributed by atoms with van der Waals surface area (Å²) in [6.45, 7) is 9.40. The van der Waals surface area contributed by atoms with Crippen molar-refractivity contribution in [3.8, 4) is 0 Å². The molecule has 2 saturated heterocycles. The molecular weight excluding hydrogens is 276 g/mol. The highest BCUT2D eigenvalue weighted by Crippen LogP contribution is 2.43. The van der Waals surface area contributed by atoms with Crippen molar-refractivity contribution >= 4 is 11.8 Å². The van der Waals surface area contributed by atoms with E-state index < -0.39 is 0 Å². The summed E-state index contributed by atoms with van der Waals surface area (Å²) in [6.07, 6.45) is 8.22. The molecule has 0 bridgehead atoms. The average Bonchev–Trinajstić information content (AvgIpc) is 2.90. The fraction of sp³-hybridized carbons (Fsp3) is 0.778. The molecule has 0 saturated carbocycles. The number of amides is 2. The number of carbonyl (C=O) groups is 2. The van der Waals surface area contributed by atoms with Crippen molar-refractivity contribution < 1.29 is 9.59 Å². The second-order valence-electron chi connectivity index (χ2n) is 8.10.